The van der Waals surface area contributed by atoms with Crippen molar-refractivity contribution in [2.45, 2.75) is 64.8 Å². The fourth-order valence-electron chi connectivity index (χ4n) is 4.58. The predicted molar refractivity (Wildman–Crippen MR) is 99.3 cm³/mol. The number of fused-ring (bicyclic) bond motifs is 1. The van der Waals surface area contributed by atoms with E-state index in [1.165, 1.54) is 0 Å². The third-order valence-electron chi connectivity index (χ3n) is 5.93. The number of anilines is 1. The number of aromatic nitrogens is 2. The van der Waals surface area contributed by atoms with Crippen LogP contribution in [0.1, 0.15) is 38.1 Å². The Morgan fingerprint density at radius 3 is 2.38 bits per heavy atom. The van der Waals surface area contributed by atoms with Crippen molar-refractivity contribution in [3.8, 4) is 0 Å². The van der Waals surface area contributed by atoms with Gasteiger partial charge < -0.3 is 14.5 Å². The number of ether oxygens (including phenoxy) is 1. The van der Waals surface area contributed by atoms with E-state index in [4.69, 9.17) is 4.74 Å². The van der Waals surface area contributed by atoms with Crippen molar-refractivity contribution < 1.29 is 9.53 Å². The summed E-state index contributed by atoms with van der Waals surface area (Å²) >= 11 is 0. The summed E-state index contributed by atoms with van der Waals surface area (Å²) in [6, 6.07) is 2.95. The van der Waals surface area contributed by atoms with Crippen LogP contribution in [0.2, 0.25) is 0 Å². The Labute approximate surface area is 155 Å². The van der Waals surface area contributed by atoms with E-state index in [1.54, 1.807) is 0 Å². The molecule has 0 radical (unpaired) electrons. The minimum Gasteiger partial charge on any atom is -0.442 e. The van der Waals surface area contributed by atoms with Crippen LogP contribution in [0.25, 0.3) is 0 Å². The number of carbonyl (C=O) groups excluding carboxylic acids is 1. The summed E-state index contributed by atoms with van der Waals surface area (Å²) in [5.74, 6) is 0.752. The van der Waals surface area contributed by atoms with Gasteiger partial charge in [-0.25, -0.2) is 14.8 Å². The van der Waals surface area contributed by atoms with Crippen molar-refractivity contribution >= 4 is 12.0 Å². The first-order valence-corrected chi connectivity index (χ1v) is 9.72. The molecule has 4 rings (SSSR count). The zero-order valence-corrected chi connectivity index (χ0v) is 16.2. The number of hydrogen-bond acceptors (Lipinski definition) is 6. The summed E-state index contributed by atoms with van der Waals surface area (Å²) < 4.78 is 5.71. The lowest BCUT2D eigenvalue weighted by molar-refractivity contribution is 0.0946. The van der Waals surface area contributed by atoms with Gasteiger partial charge in [0, 0.05) is 43.1 Å². The Balaban J connectivity index is 1.47. The quantitative estimate of drug-likeness (QED) is 0.822. The second-order valence-corrected chi connectivity index (χ2v) is 8.11. The Bertz CT molecular complexity index is 666. The van der Waals surface area contributed by atoms with Crippen LogP contribution >= 0.6 is 0 Å². The molecule has 7 heteroatoms. The molecule has 3 aliphatic heterocycles. The van der Waals surface area contributed by atoms with Gasteiger partial charge in [0.05, 0.1) is 12.6 Å². The number of aryl methyl sites for hydroxylation is 2. The Kier molecular flexibility index (Phi) is 4.50. The van der Waals surface area contributed by atoms with Crippen molar-refractivity contribution in [3.63, 3.8) is 0 Å². The van der Waals surface area contributed by atoms with Crippen LogP contribution in [0.4, 0.5) is 10.7 Å². The number of rotatable bonds is 3. The second-order valence-electron chi connectivity index (χ2n) is 8.11. The van der Waals surface area contributed by atoms with Crippen LogP contribution in [0.15, 0.2) is 6.07 Å². The number of piperidine rings is 1. The normalized spacial score (nSPS) is 27.3. The lowest BCUT2D eigenvalue weighted by atomic mass is 10.0. The van der Waals surface area contributed by atoms with E-state index in [9.17, 15) is 4.79 Å². The molecule has 3 fully saturated rings. The van der Waals surface area contributed by atoms with Crippen LogP contribution < -0.4 is 4.90 Å². The van der Waals surface area contributed by atoms with Crippen molar-refractivity contribution in [1.29, 1.82) is 0 Å². The van der Waals surface area contributed by atoms with E-state index in [0.29, 0.717) is 12.6 Å². The fraction of sp³-hybridized carbons (Fsp3) is 0.737. The molecule has 0 saturated carbocycles. The molecule has 3 saturated heterocycles. The largest absolute Gasteiger partial charge is 0.442 e. The molecular formula is C19H29N5O2. The minimum atomic E-state index is -0.135. The van der Waals surface area contributed by atoms with Gasteiger partial charge in [-0.2, -0.15) is 0 Å². The Morgan fingerprint density at radius 1 is 1.12 bits per heavy atom. The van der Waals surface area contributed by atoms with E-state index < -0.39 is 0 Å². The second kappa shape index (κ2) is 6.68. The van der Waals surface area contributed by atoms with Gasteiger partial charge in [-0.3, -0.25) is 4.90 Å². The molecule has 0 spiro atoms. The third kappa shape index (κ3) is 3.13. The Hall–Kier alpha value is -1.89. The van der Waals surface area contributed by atoms with Crippen LogP contribution in [0.5, 0.6) is 0 Å². The molecule has 142 valence electrons. The summed E-state index contributed by atoms with van der Waals surface area (Å²) in [5.41, 5.74) is 1.94. The lowest BCUT2D eigenvalue weighted by Gasteiger charge is -2.39. The monoisotopic (exact) mass is 359 g/mol. The average Bonchev–Trinajstić information content (AvgIpc) is 3.10. The van der Waals surface area contributed by atoms with Crippen molar-refractivity contribution in [2.75, 3.05) is 31.1 Å². The van der Waals surface area contributed by atoms with Gasteiger partial charge >= 0.3 is 6.09 Å². The molecule has 2 atom stereocenters. The molecule has 3 aliphatic rings. The highest BCUT2D eigenvalue weighted by Crippen LogP contribution is 2.33. The summed E-state index contributed by atoms with van der Waals surface area (Å²) in [4.78, 5) is 28.3. The lowest BCUT2D eigenvalue weighted by Crippen LogP contribution is -2.51. The van der Waals surface area contributed by atoms with Crippen molar-refractivity contribution in [2.24, 2.45) is 0 Å². The van der Waals surface area contributed by atoms with Crippen LogP contribution in [-0.2, 0) is 4.74 Å². The van der Waals surface area contributed by atoms with E-state index in [0.717, 1.165) is 49.8 Å². The molecule has 7 nitrogen and oxygen atoms in total. The number of hydrogen-bond donors (Lipinski definition) is 0. The number of likely N-dealkylation sites (tertiary alicyclic amines) is 1. The smallest absolute Gasteiger partial charge is 0.410 e. The molecule has 0 aromatic carbocycles. The van der Waals surface area contributed by atoms with Crippen LogP contribution in [-0.4, -0.2) is 76.3 Å². The predicted octanol–water partition coefficient (Wildman–Crippen LogP) is 1.98. The molecule has 0 N–H and O–H groups in total. The topological polar surface area (TPSA) is 61.8 Å². The highest BCUT2D eigenvalue weighted by atomic mass is 16.6. The third-order valence-corrected chi connectivity index (χ3v) is 5.93. The van der Waals surface area contributed by atoms with E-state index in [1.807, 2.05) is 24.8 Å². The average molecular weight is 359 g/mol. The van der Waals surface area contributed by atoms with Gasteiger partial charge in [-0.1, -0.05) is 0 Å². The van der Waals surface area contributed by atoms with Gasteiger partial charge in [-0.05, 0) is 46.6 Å². The summed E-state index contributed by atoms with van der Waals surface area (Å²) in [6.07, 6.45) is 1.84. The molecule has 1 amide bonds. The number of carbonyl (C=O) groups is 1. The zero-order valence-electron chi connectivity index (χ0n) is 16.2. The Morgan fingerprint density at radius 2 is 1.77 bits per heavy atom. The molecule has 1 aromatic rings. The number of amides is 1. The van der Waals surface area contributed by atoms with Crippen LogP contribution in [0.3, 0.4) is 0 Å². The first-order valence-electron chi connectivity index (χ1n) is 9.72. The highest BCUT2D eigenvalue weighted by molar-refractivity contribution is 5.72. The first-order chi connectivity index (χ1) is 12.4. The molecule has 0 aliphatic carbocycles. The highest BCUT2D eigenvalue weighted by Gasteiger charge is 2.51. The maximum Gasteiger partial charge on any atom is 0.410 e. The fourth-order valence-corrected chi connectivity index (χ4v) is 4.58. The molecule has 1 aromatic heterocycles. The van der Waals surface area contributed by atoms with Crippen molar-refractivity contribution in [1.82, 2.24) is 19.8 Å². The summed E-state index contributed by atoms with van der Waals surface area (Å²) in [5, 5.41) is 0. The van der Waals surface area contributed by atoms with Crippen molar-refractivity contribution in [3.05, 3.63) is 17.5 Å². The van der Waals surface area contributed by atoms with Crippen LogP contribution in [0, 0.1) is 13.8 Å². The van der Waals surface area contributed by atoms with E-state index in [-0.39, 0.29) is 24.3 Å². The molecular weight excluding hydrogens is 330 g/mol. The minimum absolute atomic E-state index is 0.0740. The standard InChI is InChI=1S/C19H29N5O2/c1-12(2)22-7-5-15(6-8-22)24-16-10-23(11-17(16)26-19(24)25)18-20-13(3)9-14(4)21-18/h9,12,15-17H,5-8,10-11H2,1-4H3/t16-,17+/m1/s1. The van der Waals surface area contributed by atoms with E-state index >= 15 is 0 Å². The maximum absolute atomic E-state index is 12.5. The first kappa shape index (κ1) is 17.5. The van der Waals surface area contributed by atoms with E-state index in [2.05, 4.69) is 33.6 Å². The summed E-state index contributed by atoms with van der Waals surface area (Å²) in [6.45, 7) is 12.0. The van der Waals surface area contributed by atoms with Gasteiger partial charge in [-0.15, -0.1) is 0 Å². The van der Waals surface area contributed by atoms with Gasteiger partial charge in [0.25, 0.3) is 0 Å². The van der Waals surface area contributed by atoms with Gasteiger partial charge in [0.1, 0.15) is 6.10 Å². The number of nitrogens with zero attached hydrogens (tertiary/aromatic N) is 5. The maximum atomic E-state index is 12.5. The molecule has 26 heavy (non-hydrogen) atoms. The zero-order chi connectivity index (χ0) is 18.4. The molecule has 4 heterocycles. The summed E-state index contributed by atoms with van der Waals surface area (Å²) in [7, 11) is 0. The SMILES string of the molecule is Cc1cc(C)nc(N2C[C@@H]3OC(=O)N(C4CCN(C(C)C)CC4)[C@@H]3C2)n1. The molecule has 0 unspecified atom stereocenters. The van der Waals surface area contributed by atoms with Gasteiger partial charge in [0.15, 0.2) is 0 Å². The van der Waals surface area contributed by atoms with Gasteiger partial charge in [0.2, 0.25) is 5.95 Å². The molecule has 0 bridgehead atoms.